The van der Waals surface area contributed by atoms with E-state index in [9.17, 15) is 9.18 Å². The molecule has 4 heteroatoms. The third-order valence-corrected chi connectivity index (χ3v) is 4.54. The highest BCUT2D eigenvalue weighted by Crippen LogP contribution is 2.24. The van der Waals surface area contributed by atoms with Crippen molar-refractivity contribution in [2.75, 3.05) is 13.1 Å². The second-order valence-electron chi connectivity index (χ2n) is 6.11. The molecule has 1 aliphatic rings. The number of carbonyl (C=O) groups excluding carboxylic acids is 1. The lowest BCUT2D eigenvalue weighted by Crippen LogP contribution is -2.50. The summed E-state index contributed by atoms with van der Waals surface area (Å²) in [6.07, 6.45) is 0. The third kappa shape index (κ3) is 3.59. The summed E-state index contributed by atoms with van der Waals surface area (Å²) >= 11 is 0. The zero-order valence-corrected chi connectivity index (χ0v) is 13.1. The number of hydrogen-bond acceptors (Lipinski definition) is 2. The van der Waals surface area contributed by atoms with Crippen molar-refractivity contribution >= 4 is 5.91 Å². The van der Waals surface area contributed by atoms with E-state index in [-0.39, 0.29) is 23.7 Å². The van der Waals surface area contributed by atoms with Crippen LogP contribution in [0.4, 0.5) is 4.39 Å². The summed E-state index contributed by atoms with van der Waals surface area (Å²) in [5.74, 6) is 0.0264. The van der Waals surface area contributed by atoms with Crippen LogP contribution in [0.15, 0.2) is 54.6 Å². The van der Waals surface area contributed by atoms with E-state index < -0.39 is 0 Å². The van der Waals surface area contributed by atoms with Gasteiger partial charge in [0, 0.05) is 5.92 Å². The lowest BCUT2D eigenvalue weighted by Gasteiger charge is -2.33. The topological polar surface area (TPSA) is 41.1 Å². The van der Waals surface area contributed by atoms with Crippen molar-refractivity contribution < 1.29 is 9.18 Å². The third-order valence-electron chi connectivity index (χ3n) is 4.54. The average Bonchev–Trinajstić information content (AvgIpc) is 2.51. The zero-order valence-electron chi connectivity index (χ0n) is 13.1. The highest BCUT2D eigenvalue weighted by atomic mass is 19.1. The van der Waals surface area contributed by atoms with E-state index in [0.717, 1.165) is 24.2 Å². The van der Waals surface area contributed by atoms with Crippen molar-refractivity contribution in [1.82, 2.24) is 10.6 Å². The van der Waals surface area contributed by atoms with Gasteiger partial charge in [0.25, 0.3) is 0 Å². The first kappa shape index (κ1) is 15.7. The molecule has 1 aliphatic heterocycles. The van der Waals surface area contributed by atoms with Crippen LogP contribution in [0.25, 0.3) is 0 Å². The van der Waals surface area contributed by atoms with Gasteiger partial charge in [0.2, 0.25) is 5.91 Å². The molecule has 2 atom stereocenters. The van der Waals surface area contributed by atoms with Gasteiger partial charge < -0.3 is 10.6 Å². The Labute approximate surface area is 135 Å². The minimum absolute atomic E-state index is 0.00890. The Morgan fingerprint density at radius 1 is 1.13 bits per heavy atom. The van der Waals surface area contributed by atoms with Crippen LogP contribution in [0, 0.1) is 17.7 Å². The summed E-state index contributed by atoms with van der Waals surface area (Å²) in [6, 6.07) is 15.7. The number of hydrogen-bond donors (Lipinski definition) is 2. The number of amides is 1. The molecule has 1 heterocycles. The first-order valence-corrected chi connectivity index (χ1v) is 7.96. The highest BCUT2D eigenvalue weighted by Gasteiger charge is 2.30. The summed E-state index contributed by atoms with van der Waals surface area (Å²) in [7, 11) is 0. The fourth-order valence-corrected chi connectivity index (χ4v) is 2.84. The fourth-order valence-electron chi connectivity index (χ4n) is 2.84. The molecule has 23 heavy (non-hydrogen) atoms. The fraction of sp³-hybridized carbons (Fsp3) is 0.316. The van der Waals surface area contributed by atoms with Crippen LogP contribution in [-0.2, 0) is 4.79 Å². The van der Waals surface area contributed by atoms with Crippen molar-refractivity contribution in [2.45, 2.75) is 13.0 Å². The molecule has 0 aliphatic carbocycles. The van der Waals surface area contributed by atoms with Crippen molar-refractivity contribution in [3.63, 3.8) is 0 Å². The average molecular weight is 312 g/mol. The smallest absolute Gasteiger partial charge is 0.223 e. The van der Waals surface area contributed by atoms with Gasteiger partial charge in [-0.2, -0.15) is 0 Å². The SMILES string of the molecule is CC(C(=O)NC(c1ccccc1)c1cccc(F)c1)C1CNC1. The maximum atomic E-state index is 13.6. The number of benzene rings is 2. The van der Waals surface area contributed by atoms with Crippen molar-refractivity contribution in [2.24, 2.45) is 11.8 Å². The minimum atomic E-state index is -0.338. The molecule has 0 radical (unpaired) electrons. The predicted molar refractivity (Wildman–Crippen MR) is 88.4 cm³/mol. The molecule has 1 fully saturated rings. The first-order chi connectivity index (χ1) is 11.1. The monoisotopic (exact) mass is 312 g/mol. The second kappa shape index (κ2) is 6.92. The minimum Gasteiger partial charge on any atom is -0.345 e. The Morgan fingerprint density at radius 3 is 2.43 bits per heavy atom. The Morgan fingerprint density at radius 2 is 1.83 bits per heavy atom. The van der Waals surface area contributed by atoms with Gasteiger partial charge in [-0.05, 0) is 42.3 Å². The lowest BCUT2D eigenvalue weighted by molar-refractivity contribution is -0.127. The summed E-state index contributed by atoms with van der Waals surface area (Å²) in [6.45, 7) is 3.71. The number of halogens is 1. The quantitative estimate of drug-likeness (QED) is 0.891. The molecule has 0 spiro atoms. The van der Waals surface area contributed by atoms with Crippen LogP contribution in [0.1, 0.15) is 24.1 Å². The Bertz CT molecular complexity index is 670. The van der Waals surface area contributed by atoms with Gasteiger partial charge >= 0.3 is 0 Å². The molecule has 2 aromatic rings. The molecule has 1 saturated heterocycles. The molecular weight excluding hydrogens is 291 g/mol. The molecule has 0 bridgehead atoms. The zero-order chi connectivity index (χ0) is 16.2. The molecule has 120 valence electrons. The molecule has 3 rings (SSSR count). The first-order valence-electron chi connectivity index (χ1n) is 7.96. The van der Waals surface area contributed by atoms with Crippen molar-refractivity contribution in [1.29, 1.82) is 0 Å². The molecule has 0 aromatic heterocycles. The van der Waals surface area contributed by atoms with E-state index in [1.54, 1.807) is 6.07 Å². The Balaban J connectivity index is 1.85. The second-order valence-corrected chi connectivity index (χ2v) is 6.11. The summed E-state index contributed by atoms with van der Waals surface area (Å²) in [5, 5.41) is 6.28. The maximum absolute atomic E-state index is 13.6. The normalized spacial score (nSPS) is 17.1. The van der Waals surface area contributed by atoms with Gasteiger partial charge in [0.1, 0.15) is 5.82 Å². The van der Waals surface area contributed by atoms with Gasteiger partial charge in [-0.3, -0.25) is 4.79 Å². The molecule has 3 nitrogen and oxygen atoms in total. The molecule has 2 N–H and O–H groups in total. The van der Waals surface area contributed by atoms with Gasteiger partial charge in [-0.15, -0.1) is 0 Å². The van der Waals surface area contributed by atoms with E-state index in [1.807, 2.05) is 43.3 Å². The van der Waals surface area contributed by atoms with Crippen LogP contribution in [-0.4, -0.2) is 19.0 Å². The molecule has 2 aromatic carbocycles. The molecule has 0 saturated carbocycles. The molecule has 1 amide bonds. The summed E-state index contributed by atoms with van der Waals surface area (Å²) < 4.78 is 13.6. The van der Waals surface area contributed by atoms with Crippen molar-refractivity contribution in [3.05, 3.63) is 71.5 Å². The summed E-state index contributed by atoms with van der Waals surface area (Å²) in [5.41, 5.74) is 1.70. The van der Waals surface area contributed by atoms with Crippen LogP contribution >= 0.6 is 0 Å². The standard InChI is InChI=1S/C19H21FN2O/c1-13(16-11-21-12-16)19(23)22-18(14-6-3-2-4-7-14)15-8-5-9-17(20)10-15/h2-10,13,16,18,21H,11-12H2,1H3,(H,22,23). The van der Waals surface area contributed by atoms with E-state index in [0.29, 0.717) is 5.92 Å². The van der Waals surface area contributed by atoms with E-state index in [4.69, 9.17) is 0 Å². The largest absolute Gasteiger partial charge is 0.345 e. The van der Waals surface area contributed by atoms with E-state index in [2.05, 4.69) is 10.6 Å². The lowest BCUT2D eigenvalue weighted by atomic mass is 9.87. The van der Waals surface area contributed by atoms with Crippen LogP contribution < -0.4 is 10.6 Å². The Hall–Kier alpha value is -2.20. The van der Waals surface area contributed by atoms with E-state index >= 15 is 0 Å². The van der Waals surface area contributed by atoms with Crippen LogP contribution in [0.3, 0.4) is 0 Å². The van der Waals surface area contributed by atoms with Gasteiger partial charge in [-0.25, -0.2) is 4.39 Å². The molecule has 2 unspecified atom stereocenters. The van der Waals surface area contributed by atoms with E-state index in [1.165, 1.54) is 12.1 Å². The number of nitrogens with one attached hydrogen (secondary N) is 2. The molecular formula is C19H21FN2O. The van der Waals surface area contributed by atoms with Gasteiger partial charge in [-0.1, -0.05) is 49.4 Å². The number of rotatable bonds is 5. The Kier molecular flexibility index (Phi) is 4.72. The van der Waals surface area contributed by atoms with Crippen LogP contribution in [0.2, 0.25) is 0 Å². The van der Waals surface area contributed by atoms with Crippen LogP contribution in [0.5, 0.6) is 0 Å². The highest BCUT2D eigenvalue weighted by molar-refractivity contribution is 5.79. The number of carbonyl (C=O) groups is 1. The maximum Gasteiger partial charge on any atom is 0.223 e. The van der Waals surface area contributed by atoms with Gasteiger partial charge in [0.05, 0.1) is 6.04 Å². The van der Waals surface area contributed by atoms with Gasteiger partial charge in [0.15, 0.2) is 0 Å². The van der Waals surface area contributed by atoms with Crippen molar-refractivity contribution in [3.8, 4) is 0 Å². The summed E-state index contributed by atoms with van der Waals surface area (Å²) in [4.78, 5) is 12.6. The predicted octanol–water partition coefficient (Wildman–Crippen LogP) is 2.89.